The largest absolute Gasteiger partial charge is 0.493 e. The molecule has 0 radical (unpaired) electrons. The molecule has 0 aliphatic rings. The highest BCUT2D eigenvalue weighted by Crippen LogP contribution is 2.35. The van der Waals surface area contributed by atoms with Gasteiger partial charge in [-0.15, -0.1) is 0 Å². The van der Waals surface area contributed by atoms with Gasteiger partial charge in [-0.1, -0.05) is 30.3 Å². The Labute approximate surface area is 156 Å². The topological polar surface area (TPSA) is 102 Å². The van der Waals surface area contributed by atoms with Crippen LogP contribution in [0.25, 0.3) is 22.3 Å². The maximum absolute atomic E-state index is 5.89. The number of benzene rings is 1. The highest BCUT2D eigenvalue weighted by Gasteiger charge is 2.16. The average Bonchev–Trinajstić information content (AvgIpc) is 3.12. The summed E-state index contributed by atoms with van der Waals surface area (Å²) >= 11 is 0. The van der Waals surface area contributed by atoms with Crippen molar-refractivity contribution in [2.45, 2.75) is 13.5 Å². The number of ether oxygens (including phenoxy) is 1. The number of aromatic nitrogens is 4. The number of aromatic amines is 1. The first-order valence-corrected chi connectivity index (χ1v) is 8.76. The molecule has 1 aromatic carbocycles. The molecule has 4 rings (SSSR count). The molecule has 0 saturated heterocycles. The number of nitrogen functional groups attached to an aromatic ring is 1. The number of anilines is 2. The molecule has 4 N–H and O–H groups in total. The smallest absolute Gasteiger partial charge is 0.220 e. The second-order valence-electron chi connectivity index (χ2n) is 6.00. The monoisotopic (exact) mass is 360 g/mol. The molecule has 0 spiro atoms. The molecule has 7 nitrogen and oxygen atoms in total. The number of nitrogens with zero attached hydrogens (tertiary/aromatic N) is 3. The van der Waals surface area contributed by atoms with Gasteiger partial charge >= 0.3 is 0 Å². The molecular formula is C20H20N6O. The molecule has 27 heavy (non-hydrogen) atoms. The molecule has 3 heterocycles. The Morgan fingerprint density at radius 3 is 2.78 bits per heavy atom. The van der Waals surface area contributed by atoms with Gasteiger partial charge in [0.1, 0.15) is 17.2 Å². The number of hydrogen-bond acceptors (Lipinski definition) is 6. The minimum Gasteiger partial charge on any atom is -0.493 e. The third-order valence-electron chi connectivity index (χ3n) is 4.17. The lowest BCUT2D eigenvalue weighted by molar-refractivity contribution is 0.344. The van der Waals surface area contributed by atoms with E-state index in [1.54, 1.807) is 6.20 Å². The predicted octanol–water partition coefficient (Wildman–Crippen LogP) is 3.61. The van der Waals surface area contributed by atoms with Crippen LogP contribution < -0.4 is 15.8 Å². The Morgan fingerprint density at radius 1 is 1.15 bits per heavy atom. The summed E-state index contributed by atoms with van der Waals surface area (Å²) < 4.78 is 5.89. The van der Waals surface area contributed by atoms with Crippen LogP contribution in [0.1, 0.15) is 12.5 Å². The van der Waals surface area contributed by atoms with Crippen LogP contribution in [0.2, 0.25) is 0 Å². The van der Waals surface area contributed by atoms with Gasteiger partial charge in [-0.25, -0.2) is 15.0 Å². The Balaban J connectivity index is 1.72. The van der Waals surface area contributed by atoms with Crippen LogP contribution in [-0.2, 0) is 6.54 Å². The van der Waals surface area contributed by atoms with Gasteiger partial charge in [0.2, 0.25) is 5.95 Å². The zero-order chi connectivity index (χ0) is 18.6. The van der Waals surface area contributed by atoms with Crippen LogP contribution in [0.3, 0.4) is 0 Å². The molecular weight excluding hydrogens is 340 g/mol. The van der Waals surface area contributed by atoms with Crippen molar-refractivity contribution >= 4 is 22.8 Å². The van der Waals surface area contributed by atoms with E-state index >= 15 is 0 Å². The fourth-order valence-corrected chi connectivity index (χ4v) is 2.97. The number of fused-ring (bicyclic) bond motifs is 1. The minimum absolute atomic E-state index is 0.230. The fraction of sp³-hybridized carbons (Fsp3) is 0.150. The van der Waals surface area contributed by atoms with Crippen molar-refractivity contribution in [2.24, 2.45) is 0 Å². The summed E-state index contributed by atoms with van der Waals surface area (Å²) in [5, 5.41) is 4.23. The number of nitrogens with two attached hydrogens (primary N) is 1. The van der Waals surface area contributed by atoms with Crippen LogP contribution in [0.4, 0.5) is 11.8 Å². The number of pyridine rings is 1. The molecule has 0 amide bonds. The standard InChI is InChI=1S/C20H20N6O/c1-2-27-16-10-17(23-11-13-6-4-3-5-7-13)26-19-18(16)14(12-24-19)15-8-9-22-20(21)25-15/h3-10,12H,2,11H2,1H3,(H2,21,22,25)(H2,23,24,26). The van der Waals surface area contributed by atoms with Gasteiger partial charge in [0.05, 0.1) is 17.7 Å². The van der Waals surface area contributed by atoms with E-state index in [0.29, 0.717) is 13.2 Å². The van der Waals surface area contributed by atoms with Gasteiger partial charge in [0.25, 0.3) is 0 Å². The van der Waals surface area contributed by atoms with Crippen molar-refractivity contribution in [2.75, 3.05) is 17.7 Å². The average molecular weight is 360 g/mol. The van der Waals surface area contributed by atoms with Crippen molar-refractivity contribution in [3.05, 3.63) is 60.4 Å². The van der Waals surface area contributed by atoms with E-state index in [1.807, 2.05) is 43.5 Å². The van der Waals surface area contributed by atoms with Crippen LogP contribution in [0.15, 0.2) is 54.9 Å². The van der Waals surface area contributed by atoms with E-state index in [4.69, 9.17) is 10.5 Å². The van der Waals surface area contributed by atoms with Crippen molar-refractivity contribution in [1.29, 1.82) is 0 Å². The summed E-state index contributed by atoms with van der Waals surface area (Å²) in [5.74, 6) is 1.71. The Bertz CT molecular complexity index is 1060. The first-order valence-electron chi connectivity index (χ1n) is 8.76. The third kappa shape index (κ3) is 3.52. The predicted molar refractivity (Wildman–Crippen MR) is 106 cm³/mol. The van der Waals surface area contributed by atoms with Gasteiger partial charge in [-0.2, -0.15) is 0 Å². The number of rotatable bonds is 6. The summed E-state index contributed by atoms with van der Waals surface area (Å²) in [7, 11) is 0. The molecule has 7 heteroatoms. The molecule has 0 fully saturated rings. The van der Waals surface area contributed by atoms with Gasteiger partial charge < -0.3 is 20.8 Å². The molecule has 0 aliphatic heterocycles. The second-order valence-corrected chi connectivity index (χ2v) is 6.00. The quantitative estimate of drug-likeness (QED) is 0.485. The SMILES string of the molecule is CCOc1cc(NCc2ccccc2)nc2[nH]cc(-c3ccnc(N)n3)c12. The van der Waals surface area contributed by atoms with Gasteiger partial charge in [0, 0.05) is 30.6 Å². The zero-order valence-electron chi connectivity index (χ0n) is 14.9. The van der Waals surface area contributed by atoms with Crippen LogP contribution in [0.5, 0.6) is 5.75 Å². The van der Waals surface area contributed by atoms with Crippen molar-refractivity contribution in [3.63, 3.8) is 0 Å². The summed E-state index contributed by atoms with van der Waals surface area (Å²) in [6.45, 7) is 3.19. The van der Waals surface area contributed by atoms with Crippen molar-refractivity contribution < 1.29 is 4.74 Å². The van der Waals surface area contributed by atoms with Gasteiger partial charge in [-0.05, 0) is 18.6 Å². The maximum Gasteiger partial charge on any atom is 0.220 e. The van der Waals surface area contributed by atoms with Crippen LogP contribution in [0, 0.1) is 0 Å². The molecule has 0 atom stereocenters. The molecule has 4 aromatic rings. The summed E-state index contributed by atoms with van der Waals surface area (Å²) in [6.07, 6.45) is 3.50. The zero-order valence-corrected chi connectivity index (χ0v) is 14.9. The molecule has 0 bridgehead atoms. The number of hydrogen-bond donors (Lipinski definition) is 3. The van der Waals surface area contributed by atoms with E-state index in [0.717, 1.165) is 33.9 Å². The van der Waals surface area contributed by atoms with Gasteiger partial charge in [-0.3, -0.25) is 0 Å². The number of H-pyrrole nitrogens is 1. The van der Waals surface area contributed by atoms with Crippen molar-refractivity contribution in [1.82, 2.24) is 19.9 Å². The molecule has 3 aromatic heterocycles. The Morgan fingerprint density at radius 2 is 2.00 bits per heavy atom. The van der Waals surface area contributed by atoms with E-state index in [2.05, 4.69) is 37.4 Å². The molecule has 0 aliphatic carbocycles. The first kappa shape index (κ1) is 16.8. The van der Waals surface area contributed by atoms with E-state index in [-0.39, 0.29) is 5.95 Å². The molecule has 0 unspecified atom stereocenters. The summed E-state index contributed by atoms with van der Waals surface area (Å²) in [4.78, 5) is 16.2. The van der Waals surface area contributed by atoms with E-state index in [1.165, 1.54) is 5.56 Å². The van der Waals surface area contributed by atoms with E-state index < -0.39 is 0 Å². The highest BCUT2D eigenvalue weighted by molar-refractivity contribution is 5.98. The van der Waals surface area contributed by atoms with Crippen LogP contribution in [-0.4, -0.2) is 26.5 Å². The van der Waals surface area contributed by atoms with E-state index in [9.17, 15) is 0 Å². The van der Waals surface area contributed by atoms with Crippen molar-refractivity contribution in [3.8, 4) is 17.0 Å². The number of nitrogens with one attached hydrogen (secondary N) is 2. The minimum atomic E-state index is 0.230. The van der Waals surface area contributed by atoms with Crippen LogP contribution >= 0.6 is 0 Å². The lowest BCUT2D eigenvalue weighted by atomic mass is 10.1. The highest BCUT2D eigenvalue weighted by atomic mass is 16.5. The summed E-state index contributed by atoms with van der Waals surface area (Å²) in [5.41, 5.74) is 9.25. The Kier molecular flexibility index (Phi) is 4.57. The second kappa shape index (κ2) is 7.33. The van der Waals surface area contributed by atoms with Gasteiger partial charge in [0.15, 0.2) is 0 Å². The summed E-state index contributed by atoms with van der Waals surface area (Å²) in [6, 6.07) is 13.9. The lowest BCUT2D eigenvalue weighted by Gasteiger charge is -2.11. The molecule has 136 valence electrons. The lowest BCUT2D eigenvalue weighted by Crippen LogP contribution is -2.03. The normalized spacial score (nSPS) is 10.9. The maximum atomic E-state index is 5.89. The first-order chi connectivity index (χ1) is 13.2. The molecule has 0 saturated carbocycles. The Hall–Kier alpha value is -3.61. The third-order valence-corrected chi connectivity index (χ3v) is 4.17. The fourth-order valence-electron chi connectivity index (χ4n) is 2.97.